The molecule has 1 amide bonds. The van der Waals surface area contributed by atoms with Gasteiger partial charge in [0.05, 0.1) is 11.3 Å². The molecule has 0 bridgehead atoms. The van der Waals surface area contributed by atoms with Crippen molar-refractivity contribution in [2.45, 2.75) is 64.6 Å². The van der Waals surface area contributed by atoms with Gasteiger partial charge in [-0.05, 0) is 51.2 Å². The van der Waals surface area contributed by atoms with Gasteiger partial charge < -0.3 is 15.0 Å². The van der Waals surface area contributed by atoms with Gasteiger partial charge in [0, 0.05) is 38.4 Å². The number of carbonyl (C=O) groups excluding carboxylic acids is 1. The summed E-state index contributed by atoms with van der Waals surface area (Å²) in [7, 11) is 1.90. The Morgan fingerprint density at radius 2 is 2.19 bits per heavy atom. The van der Waals surface area contributed by atoms with E-state index in [1.54, 1.807) is 13.8 Å². The highest BCUT2D eigenvalue weighted by Crippen LogP contribution is 2.27. The molecule has 2 heterocycles. The highest BCUT2D eigenvalue weighted by Gasteiger charge is 2.30. The fourth-order valence-corrected chi connectivity index (χ4v) is 3.87. The van der Waals surface area contributed by atoms with E-state index in [0.717, 1.165) is 42.8 Å². The monoisotopic (exact) mass is 359 g/mol. The maximum Gasteiger partial charge on any atom is 0.268 e. The molecule has 0 spiro atoms. The summed E-state index contributed by atoms with van der Waals surface area (Å²) >= 11 is 0. The number of aliphatic hydroxyl groups is 1. The van der Waals surface area contributed by atoms with Gasteiger partial charge in [0.2, 0.25) is 0 Å². The highest BCUT2D eigenvalue weighted by molar-refractivity contribution is 5.94. The number of aryl methyl sites for hydroxylation is 2. The molecule has 0 aliphatic heterocycles. The molecule has 2 atom stereocenters. The molecular formula is C19H29N5O2. The zero-order chi connectivity index (χ0) is 18.9. The molecule has 1 fully saturated rings. The molecule has 26 heavy (non-hydrogen) atoms. The quantitative estimate of drug-likeness (QED) is 0.824. The topological polar surface area (TPSA) is 85.0 Å². The molecular weight excluding hydrogens is 330 g/mol. The zero-order valence-corrected chi connectivity index (χ0v) is 16.1. The van der Waals surface area contributed by atoms with Crippen LogP contribution in [0.4, 0.5) is 0 Å². The van der Waals surface area contributed by atoms with Crippen molar-refractivity contribution in [1.29, 1.82) is 0 Å². The fourth-order valence-electron chi connectivity index (χ4n) is 3.87. The predicted octanol–water partition coefficient (Wildman–Crippen LogP) is 1.84. The molecule has 0 aromatic carbocycles. The maximum atomic E-state index is 12.7. The molecule has 7 heteroatoms. The van der Waals surface area contributed by atoms with Crippen LogP contribution in [0.15, 0.2) is 18.5 Å². The molecule has 0 unspecified atom stereocenters. The molecule has 142 valence electrons. The van der Waals surface area contributed by atoms with E-state index in [1.165, 1.54) is 0 Å². The van der Waals surface area contributed by atoms with Crippen LogP contribution < -0.4 is 5.32 Å². The minimum atomic E-state index is -0.794. The molecule has 2 aromatic rings. The largest absolute Gasteiger partial charge is 0.390 e. The predicted molar refractivity (Wildman–Crippen MR) is 98.8 cm³/mol. The van der Waals surface area contributed by atoms with E-state index < -0.39 is 5.60 Å². The minimum Gasteiger partial charge on any atom is -0.390 e. The van der Waals surface area contributed by atoms with E-state index in [9.17, 15) is 9.90 Å². The van der Waals surface area contributed by atoms with Crippen LogP contribution in [0.25, 0.3) is 0 Å². The van der Waals surface area contributed by atoms with Gasteiger partial charge in [-0.25, -0.2) is 0 Å². The van der Waals surface area contributed by atoms with Crippen molar-refractivity contribution in [2.24, 2.45) is 13.0 Å². The fraction of sp³-hybridized carbons (Fsp3) is 0.632. The lowest BCUT2D eigenvalue weighted by atomic mass is 10.0. The second-order valence-corrected chi connectivity index (χ2v) is 8.15. The van der Waals surface area contributed by atoms with Crippen molar-refractivity contribution in [1.82, 2.24) is 24.9 Å². The SMILES string of the molecule is Cc1ccn(C)c1C(=O)N[C@@H]1CCC[C@@H]1Cn1cc(CC(C)(C)O)nn1. The Bertz CT molecular complexity index is 752. The Balaban J connectivity index is 1.63. The number of aromatic nitrogens is 4. The summed E-state index contributed by atoms with van der Waals surface area (Å²) < 4.78 is 3.71. The molecule has 3 rings (SSSR count). The van der Waals surface area contributed by atoms with Crippen LogP contribution in [-0.4, -0.2) is 42.2 Å². The van der Waals surface area contributed by atoms with Crippen LogP contribution in [-0.2, 0) is 20.0 Å². The summed E-state index contributed by atoms with van der Waals surface area (Å²) in [5.41, 5.74) is 1.71. The molecule has 0 radical (unpaired) electrons. The Labute approximate surface area is 154 Å². The van der Waals surface area contributed by atoms with Gasteiger partial charge in [-0.3, -0.25) is 9.48 Å². The van der Waals surface area contributed by atoms with E-state index in [-0.39, 0.29) is 11.9 Å². The normalized spacial score (nSPS) is 20.5. The van der Waals surface area contributed by atoms with Crippen molar-refractivity contribution < 1.29 is 9.90 Å². The van der Waals surface area contributed by atoms with Crippen molar-refractivity contribution in [3.8, 4) is 0 Å². The average Bonchev–Trinajstić information content (AvgIpc) is 3.21. The number of nitrogens with one attached hydrogen (secondary N) is 1. The molecule has 2 N–H and O–H groups in total. The summed E-state index contributed by atoms with van der Waals surface area (Å²) in [5.74, 6) is 0.337. The number of nitrogens with zero attached hydrogens (tertiary/aromatic N) is 4. The standard InChI is InChI=1S/C19H29N5O2/c1-13-8-9-23(4)17(13)18(25)20-16-7-5-6-14(16)11-24-12-15(21-22-24)10-19(2,3)26/h8-9,12,14,16,26H,5-7,10-11H2,1-4H3,(H,20,25)/t14-,16-/m1/s1. The molecule has 2 aromatic heterocycles. The lowest BCUT2D eigenvalue weighted by Gasteiger charge is -2.21. The van der Waals surface area contributed by atoms with Crippen LogP contribution >= 0.6 is 0 Å². The third-order valence-corrected chi connectivity index (χ3v) is 5.09. The van der Waals surface area contributed by atoms with Gasteiger partial charge in [-0.2, -0.15) is 0 Å². The van der Waals surface area contributed by atoms with Crippen LogP contribution in [0, 0.1) is 12.8 Å². The number of rotatable bonds is 6. The number of hydrogen-bond donors (Lipinski definition) is 2. The first-order valence-electron chi connectivity index (χ1n) is 9.27. The maximum absolute atomic E-state index is 12.7. The van der Waals surface area contributed by atoms with Gasteiger partial charge >= 0.3 is 0 Å². The van der Waals surface area contributed by atoms with E-state index in [4.69, 9.17) is 0 Å². The van der Waals surface area contributed by atoms with Crippen LogP contribution in [0.1, 0.15) is 54.9 Å². The lowest BCUT2D eigenvalue weighted by molar-refractivity contribution is 0.0798. The van der Waals surface area contributed by atoms with E-state index in [0.29, 0.717) is 12.3 Å². The summed E-state index contributed by atoms with van der Waals surface area (Å²) in [6, 6.07) is 2.11. The van der Waals surface area contributed by atoms with E-state index in [2.05, 4.69) is 15.6 Å². The first-order valence-corrected chi connectivity index (χ1v) is 9.27. The molecule has 1 saturated carbocycles. The van der Waals surface area contributed by atoms with Crippen LogP contribution in [0.2, 0.25) is 0 Å². The number of hydrogen-bond acceptors (Lipinski definition) is 4. The second-order valence-electron chi connectivity index (χ2n) is 8.15. The van der Waals surface area contributed by atoms with Gasteiger partial charge in [0.25, 0.3) is 5.91 Å². The summed E-state index contributed by atoms with van der Waals surface area (Å²) in [4.78, 5) is 12.7. The van der Waals surface area contributed by atoms with E-state index >= 15 is 0 Å². The number of amides is 1. The molecule has 0 saturated heterocycles. The zero-order valence-electron chi connectivity index (χ0n) is 16.1. The first kappa shape index (κ1) is 18.6. The van der Waals surface area contributed by atoms with Crippen LogP contribution in [0.3, 0.4) is 0 Å². The van der Waals surface area contributed by atoms with Crippen molar-refractivity contribution >= 4 is 5.91 Å². The van der Waals surface area contributed by atoms with Crippen molar-refractivity contribution in [2.75, 3.05) is 0 Å². The van der Waals surface area contributed by atoms with Gasteiger partial charge in [-0.1, -0.05) is 11.6 Å². The Kier molecular flexibility index (Phi) is 5.18. The van der Waals surface area contributed by atoms with E-state index in [1.807, 2.05) is 41.7 Å². The average molecular weight is 359 g/mol. The third kappa shape index (κ3) is 4.33. The minimum absolute atomic E-state index is 0.00629. The Morgan fingerprint density at radius 3 is 2.85 bits per heavy atom. The number of carbonyl (C=O) groups is 1. The first-order chi connectivity index (χ1) is 12.2. The summed E-state index contributed by atoms with van der Waals surface area (Å²) in [6.07, 6.45) is 7.45. The van der Waals surface area contributed by atoms with Gasteiger partial charge in [0.1, 0.15) is 5.69 Å². The Morgan fingerprint density at radius 1 is 1.42 bits per heavy atom. The molecule has 1 aliphatic rings. The third-order valence-electron chi connectivity index (χ3n) is 5.09. The highest BCUT2D eigenvalue weighted by atomic mass is 16.3. The van der Waals surface area contributed by atoms with Crippen molar-refractivity contribution in [3.05, 3.63) is 35.4 Å². The second kappa shape index (κ2) is 7.23. The van der Waals surface area contributed by atoms with Crippen LogP contribution in [0.5, 0.6) is 0 Å². The summed E-state index contributed by atoms with van der Waals surface area (Å²) in [6.45, 7) is 6.22. The van der Waals surface area contributed by atoms with Gasteiger partial charge in [0.15, 0.2) is 0 Å². The summed E-state index contributed by atoms with van der Waals surface area (Å²) in [5, 5.41) is 21.5. The Hall–Kier alpha value is -2.15. The van der Waals surface area contributed by atoms with Crippen molar-refractivity contribution in [3.63, 3.8) is 0 Å². The smallest absolute Gasteiger partial charge is 0.268 e. The van der Waals surface area contributed by atoms with Gasteiger partial charge in [-0.15, -0.1) is 5.10 Å². The molecule has 7 nitrogen and oxygen atoms in total. The molecule has 1 aliphatic carbocycles. The lowest BCUT2D eigenvalue weighted by Crippen LogP contribution is -2.39.